The molecule has 0 unspecified atom stereocenters. The maximum atomic E-state index is 6.14. The Morgan fingerprint density at radius 1 is 1.35 bits per heavy atom. The quantitative estimate of drug-likeness (QED) is 0.630. The lowest BCUT2D eigenvalue weighted by Crippen LogP contribution is -2.05. The highest BCUT2D eigenvalue weighted by atomic mass is 32.2. The summed E-state index contributed by atoms with van der Waals surface area (Å²) in [5, 5.41) is 5.53. The van der Waals surface area contributed by atoms with Crippen molar-refractivity contribution in [2.45, 2.75) is 6.42 Å². The molecule has 0 bridgehead atoms. The van der Waals surface area contributed by atoms with Crippen LogP contribution in [-0.2, 0) is 0 Å². The molecule has 0 aliphatic carbocycles. The van der Waals surface area contributed by atoms with E-state index in [2.05, 4.69) is 22.6 Å². The normalized spacial score (nSPS) is 10.6. The fourth-order valence-corrected chi connectivity index (χ4v) is 2.22. The molecule has 0 fully saturated rings. The Morgan fingerprint density at radius 3 is 3.06 bits per heavy atom. The Morgan fingerprint density at radius 2 is 2.24 bits per heavy atom. The van der Waals surface area contributed by atoms with Crippen LogP contribution >= 0.6 is 11.8 Å². The van der Waals surface area contributed by atoms with Crippen LogP contribution in [0.5, 0.6) is 0 Å². The Balaban J connectivity index is 2.15. The van der Waals surface area contributed by atoms with E-state index >= 15 is 0 Å². The number of anilines is 2. The zero-order chi connectivity index (χ0) is 12.1. The number of fused-ring (bicyclic) bond motifs is 1. The molecule has 90 valence electrons. The molecule has 0 saturated heterocycles. The number of benzene rings is 1. The van der Waals surface area contributed by atoms with Crippen molar-refractivity contribution in [1.29, 1.82) is 0 Å². The molecule has 0 atom stereocenters. The molecule has 1 aromatic heterocycles. The minimum atomic E-state index is 0.814. The molecule has 0 aliphatic rings. The summed E-state index contributed by atoms with van der Waals surface area (Å²) in [4.78, 5) is 4.09. The number of hydrogen-bond acceptors (Lipinski definition) is 4. The molecule has 0 spiro atoms. The zero-order valence-electron chi connectivity index (χ0n) is 9.94. The number of nitrogens with one attached hydrogen (secondary N) is 1. The molecular formula is C13H17N3S. The number of aromatic nitrogens is 1. The van der Waals surface area contributed by atoms with E-state index in [1.165, 1.54) is 5.75 Å². The van der Waals surface area contributed by atoms with Gasteiger partial charge in [-0.3, -0.25) is 4.98 Å². The van der Waals surface area contributed by atoms with Crippen LogP contribution in [0.25, 0.3) is 10.8 Å². The molecule has 3 N–H and O–H groups in total. The van der Waals surface area contributed by atoms with Gasteiger partial charge in [0.25, 0.3) is 0 Å². The van der Waals surface area contributed by atoms with Gasteiger partial charge in [-0.1, -0.05) is 6.07 Å². The summed E-state index contributed by atoms with van der Waals surface area (Å²) in [5.41, 5.74) is 7.97. The lowest BCUT2D eigenvalue weighted by molar-refractivity contribution is 0.994. The summed E-state index contributed by atoms with van der Waals surface area (Å²) in [5.74, 6) is 1.17. The second-order valence-corrected chi connectivity index (χ2v) is 4.88. The molecular weight excluding hydrogens is 230 g/mol. The van der Waals surface area contributed by atoms with Crippen molar-refractivity contribution in [2.75, 3.05) is 29.6 Å². The maximum Gasteiger partial charge on any atom is 0.0630 e. The smallest absolute Gasteiger partial charge is 0.0630 e. The van der Waals surface area contributed by atoms with Gasteiger partial charge < -0.3 is 11.1 Å². The van der Waals surface area contributed by atoms with Gasteiger partial charge in [0.2, 0.25) is 0 Å². The van der Waals surface area contributed by atoms with Crippen LogP contribution in [0.4, 0.5) is 11.4 Å². The van der Waals surface area contributed by atoms with E-state index in [-0.39, 0.29) is 0 Å². The number of hydrogen-bond donors (Lipinski definition) is 2. The van der Waals surface area contributed by atoms with Gasteiger partial charge in [-0.05, 0) is 30.6 Å². The van der Waals surface area contributed by atoms with Gasteiger partial charge in [-0.15, -0.1) is 0 Å². The van der Waals surface area contributed by atoms with Crippen molar-refractivity contribution in [3.8, 4) is 0 Å². The summed E-state index contributed by atoms with van der Waals surface area (Å²) in [6.07, 6.45) is 6.88. The highest BCUT2D eigenvalue weighted by Crippen LogP contribution is 2.27. The van der Waals surface area contributed by atoms with Crippen LogP contribution in [0.15, 0.2) is 30.6 Å². The van der Waals surface area contributed by atoms with Crippen molar-refractivity contribution in [3.63, 3.8) is 0 Å². The lowest BCUT2D eigenvalue weighted by atomic mass is 10.1. The third-order valence-electron chi connectivity index (χ3n) is 2.70. The first kappa shape index (κ1) is 12.0. The van der Waals surface area contributed by atoms with Gasteiger partial charge in [0.05, 0.1) is 11.4 Å². The van der Waals surface area contributed by atoms with Gasteiger partial charge in [-0.25, -0.2) is 0 Å². The maximum absolute atomic E-state index is 6.14. The van der Waals surface area contributed by atoms with Crippen molar-refractivity contribution >= 4 is 33.9 Å². The first-order valence-corrected chi connectivity index (χ1v) is 7.07. The number of pyridine rings is 1. The fourth-order valence-electron chi connectivity index (χ4n) is 1.79. The van der Waals surface area contributed by atoms with Gasteiger partial charge in [0, 0.05) is 29.7 Å². The predicted molar refractivity (Wildman–Crippen MR) is 77.6 cm³/mol. The Kier molecular flexibility index (Phi) is 4.09. The third kappa shape index (κ3) is 2.82. The van der Waals surface area contributed by atoms with E-state index in [0.717, 1.165) is 35.1 Å². The molecule has 3 nitrogen and oxygen atoms in total. The van der Waals surface area contributed by atoms with Crippen molar-refractivity contribution in [1.82, 2.24) is 4.98 Å². The second-order valence-electron chi connectivity index (χ2n) is 3.90. The largest absolute Gasteiger partial charge is 0.397 e. The van der Waals surface area contributed by atoms with Crippen molar-refractivity contribution in [2.24, 2.45) is 0 Å². The molecule has 2 rings (SSSR count). The van der Waals surface area contributed by atoms with Crippen LogP contribution in [0.2, 0.25) is 0 Å². The summed E-state index contributed by atoms with van der Waals surface area (Å²) in [6.45, 7) is 0.960. The summed E-state index contributed by atoms with van der Waals surface area (Å²) in [6, 6.07) is 6.03. The fraction of sp³-hybridized carbons (Fsp3) is 0.308. The second kappa shape index (κ2) is 5.77. The zero-order valence-corrected chi connectivity index (χ0v) is 10.8. The minimum absolute atomic E-state index is 0.814. The number of nitrogens with zero attached hydrogens (tertiary/aromatic N) is 1. The average Bonchev–Trinajstić information content (AvgIpc) is 2.37. The van der Waals surface area contributed by atoms with Gasteiger partial charge in [-0.2, -0.15) is 11.8 Å². The van der Waals surface area contributed by atoms with Crippen molar-refractivity contribution < 1.29 is 0 Å². The number of rotatable bonds is 5. The Labute approximate surface area is 106 Å². The van der Waals surface area contributed by atoms with E-state index in [9.17, 15) is 0 Å². The molecule has 4 heteroatoms. The molecule has 0 saturated carbocycles. The first-order chi connectivity index (χ1) is 8.33. The molecule has 1 aromatic carbocycles. The van der Waals surface area contributed by atoms with Crippen LogP contribution in [0.1, 0.15) is 6.42 Å². The standard InChI is InChI=1S/C13H17N3S/c1-17-8-2-6-16-12-4-3-10-9-15-7-5-11(10)13(12)14/h3-5,7,9,16H,2,6,8,14H2,1H3. The van der Waals surface area contributed by atoms with E-state index in [0.29, 0.717) is 0 Å². The molecule has 1 heterocycles. The van der Waals surface area contributed by atoms with Gasteiger partial charge in [0.15, 0.2) is 0 Å². The highest BCUT2D eigenvalue weighted by Gasteiger charge is 2.03. The topological polar surface area (TPSA) is 50.9 Å². The van der Waals surface area contributed by atoms with E-state index < -0.39 is 0 Å². The predicted octanol–water partition coefficient (Wildman–Crippen LogP) is 2.98. The van der Waals surface area contributed by atoms with Crippen LogP contribution in [0.3, 0.4) is 0 Å². The summed E-state index contributed by atoms with van der Waals surface area (Å²) < 4.78 is 0. The molecule has 0 radical (unpaired) electrons. The van der Waals surface area contributed by atoms with Crippen molar-refractivity contribution in [3.05, 3.63) is 30.6 Å². The number of nitrogens with two attached hydrogens (primary N) is 1. The molecule has 17 heavy (non-hydrogen) atoms. The van der Waals surface area contributed by atoms with Crippen LogP contribution < -0.4 is 11.1 Å². The molecule has 0 aliphatic heterocycles. The third-order valence-corrected chi connectivity index (χ3v) is 3.40. The summed E-state index contributed by atoms with van der Waals surface area (Å²) in [7, 11) is 0. The van der Waals surface area contributed by atoms with Crippen LogP contribution in [-0.4, -0.2) is 23.5 Å². The average molecular weight is 247 g/mol. The van der Waals surface area contributed by atoms with E-state index in [4.69, 9.17) is 5.73 Å². The SMILES string of the molecule is CSCCCNc1ccc2cnccc2c1N. The summed E-state index contributed by atoms with van der Waals surface area (Å²) >= 11 is 1.86. The first-order valence-electron chi connectivity index (χ1n) is 5.68. The monoisotopic (exact) mass is 247 g/mol. The van der Waals surface area contributed by atoms with Crippen LogP contribution in [0, 0.1) is 0 Å². The van der Waals surface area contributed by atoms with E-state index in [1.807, 2.05) is 30.1 Å². The Hall–Kier alpha value is -1.42. The van der Waals surface area contributed by atoms with Gasteiger partial charge in [0.1, 0.15) is 0 Å². The molecule has 2 aromatic rings. The number of nitrogen functional groups attached to an aromatic ring is 1. The Bertz CT molecular complexity index is 499. The number of thioether (sulfide) groups is 1. The molecule has 0 amide bonds. The highest BCUT2D eigenvalue weighted by molar-refractivity contribution is 7.98. The lowest BCUT2D eigenvalue weighted by Gasteiger charge is -2.11. The van der Waals surface area contributed by atoms with E-state index in [1.54, 1.807) is 6.20 Å². The minimum Gasteiger partial charge on any atom is -0.397 e. The van der Waals surface area contributed by atoms with Gasteiger partial charge >= 0.3 is 0 Å².